The number of pyridine rings is 1. The Balaban J connectivity index is 2.02. The zero-order valence-electron chi connectivity index (χ0n) is 16.2. The van der Waals surface area contributed by atoms with Crippen LogP contribution in [-0.2, 0) is 6.54 Å². The Labute approximate surface area is 153 Å². The molecule has 2 rings (SSSR count). The van der Waals surface area contributed by atoms with Crippen LogP contribution in [0.15, 0.2) is 24.3 Å². The summed E-state index contributed by atoms with van der Waals surface area (Å²) in [5, 5.41) is 4.69. The second-order valence-corrected chi connectivity index (χ2v) is 6.82. The van der Waals surface area contributed by atoms with Gasteiger partial charge in [-0.25, -0.2) is 0 Å². The highest BCUT2D eigenvalue weighted by molar-refractivity contribution is 5.86. The Morgan fingerprint density at radius 2 is 1.72 bits per heavy atom. The van der Waals surface area contributed by atoms with Crippen LogP contribution in [0.4, 0.5) is 0 Å². The van der Waals surface area contributed by atoms with E-state index >= 15 is 0 Å². The van der Waals surface area contributed by atoms with E-state index in [9.17, 15) is 0 Å². The average Bonchev–Trinajstić information content (AvgIpc) is 2.63. The first-order chi connectivity index (χ1) is 12.3. The number of ether oxygens (including phenoxy) is 1. The summed E-state index contributed by atoms with van der Waals surface area (Å²) in [6.07, 6.45) is 8.79. The number of nitrogens with one attached hydrogen (secondary N) is 1. The molecular formula is C22H34N2O. The summed E-state index contributed by atoms with van der Waals surface area (Å²) < 4.78 is 6.14. The maximum Gasteiger partial charge on any atom is 0.133 e. The monoisotopic (exact) mass is 342 g/mol. The van der Waals surface area contributed by atoms with Crippen LogP contribution in [0.2, 0.25) is 0 Å². The van der Waals surface area contributed by atoms with Crippen LogP contribution < -0.4 is 10.1 Å². The van der Waals surface area contributed by atoms with Crippen molar-refractivity contribution in [1.29, 1.82) is 0 Å². The lowest BCUT2D eigenvalue weighted by Gasteiger charge is -2.16. The number of unbranched alkanes of at least 4 members (excludes halogenated alkanes) is 5. The molecule has 3 nitrogen and oxygen atoms in total. The third-order valence-corrected chi connectivity index (χ3v) is 4.67. The molecule has 0 atom stereocenters. The van der Waals surface area contributed by atoms with Crippen molar-refractivity contribution in [3.63, 3.8) is 0 Å². The summed E-state index contributed by atoms with van der Waals surface area (Å²) in [4.78, 5) is 4.87. The van der Waals surface area contributed by atoms with Crippen molar-refractivity contribution in [1.82, 2.24) is 10.3 Å². The molecule has 0 aliphatic heterocycles. The highest BCUT2D eigenvalue weighted by Crippen LogP contribution is 2.30. The maximum absolute atomic E-state index is 6.14. The van der Waals surface area contributed by atoms with Crippen molar-refractivity contribution in [3.05, 3.63) is 35.5 Å². The molecule has 138 valence electrons. The first-order valence-corrected chi connectivity index (χ1v) is 9.99. The first kappa shape index (κ1) is 19.7. The minimum absolute atomic E-state index is 0.773. The molecular weight excluding hydrogens is 308 g/mol. The molecule has 25 heavy (non-hydrogen) atoms. The van der Waals surface area contributed by atoms with E-state index in [1.807, 2.05) is 6.07 Å². The van der Waals surface area contributed by atoms with Crippen LogP contribution in [0.5, 0.6) is 5.75 Å². The predicted molar refractivity (Wildman–Crippen MR) is 107 cm³/mol. The van der Waals surface area contributed by atoms with E-state index in [4.69, 9.17) is 9.72 Å². The van der Waals surface area contributed by atoms with Crippen molar-refractivity contribution < 1.29 is 4.74 Å². The highest BCUT2D eigenvalue weighted by atomic mass is 16.5. The zero-order valence-corrected chi connectivity index (χ0v) is 16.2. The van der Waals surface area contributed by atoms with E-state index in [2.05, 4.69) is 44.3 Å². The number of fused-ring (bicyclic) bond motifs is 1. The number of hydrogen-bond acceptors (Lipinski definition) is 3. The summed E-state index contributed by atoms with van der Waals surface area (Å²) in [5.41, 5.74) is 3.31. The topological polar surface area (TPSA) is 34.2 Å². The van der Waals surface area contributed by atoms with E-state index in [1.54, 1.807) is 0 Å². The maximum atomic E-state index is 6.14. The van der Waals surface area contributed by atoms with Gasteiger partial charge in [0.05, 0.1) is 17.8 Å². The molecule has 0 unspecified atom stereocenters. The standard InChI is InChI=1S/C22H34N2O/c1-4-6-8-9-12-15-23-17-21-18(3)22(25-16-7-5-2)19-13-10-11-14-20(19)24-21/h10-11,13-14,23H,4-9,12,15-17H2,1-3H3. The normalized spacial score (nSPS) is 11.2. The summed E-state index contributed by atoms with van der Waals surface area (Å²) in [6, 6.07) is 8.30. The quantitative estimate of drug-likeness (QED) is 0.496. The minimum Gasteiger partial charge on any atom is -0.493 e. The Bertz CT molecular complexity index is 639. The molecule has 1 aromatic carbocycles. The third-order valence-electron chi connectivity index (χ3n) is 4.67. The van der Waals surface area contributed by atoms with Gasteiger partial charge in [-0.05, 0) is 38.4 Å². The van der Waals surface area contributed by atoms with Gasteiger partial charge in [0.15, 0.2) is 0 Å². The van der Waals surface area contributed by atoms with Crippen molar-refractivity contribution in [2.24, 2.45) is 0 Å². The summed E-state index contributed by atoms with van der Waals surface area (Å²) in [5.74, 6) is 1.01. The number of aromatic nitrogens is 1. The van der Waals surface area contributed by atoms with Gasteiger partial charge in [0.1, 0.15) is 5.75 Å². The lowest BCUT2D eigenvalue weighted by atomic mass is 10.1. The van der Waals surface area contributed by atoms with E-state index in [-0.39, 0.29) is 0 Å². The Morgan fingerprint density at radius 1 is 0.960 bits per heavy atom. The van der Waals surface area contributed by atoms with Crippen molar-refractivity contribution in [2.45, 2.75) is 72.3 Å². The van der Waals surface area contributed by atoms with Crippen LogP contribution in [0, 0.1) is 6.92 Å². The van der Waals surface area contributed by atoms with Crippen molar-refractivity contribution >= 4 is 10.9 Å². The van der Waals surface area contributed by atoms with Gasteiger partial charge in [-0.1, -0.05) is 58.1 Å². The van der Waals surface area contributed by atoms with Crippen molar-refractivity contribution in [2.75, 3.05) is 13.2 Å². The third kappa shape index (κ3) is 6.00. The van der Waals surface area contributed by atoms with E-state index in [1.165, 1.54) is 37.7 Å². The van der Waals surface area contributed by atoms with Crippen LogP contribution in [-0.4, -0.2) is 18.1 Å². The Morgan fingerprint density at radius 3 is 2.52 bits per heavy atom. The highest BCUT2D eigenvalue weighted by Gasteiger charge is 2.12. The Kier molecular flexibility index (Phi) is 8.75. The minimum atomic E-state index is 0.773. The molecule has 0 radical (unpaired) electrons. The lowest BCUT2D eigenvalue weighted by molar-refractivity contribution is 0.310. The van der Waals surface area contributed by atoms with Gasteiger partial charge in [0, 0.05) is 17.5 Å². The molecule has 1 aromatic heterocycles. The molecule has 0 fully saturated rings. The van der Waals surface area contributed by atoms with Crippen LogP contribution in [0.1, 0.15) is 70.1 Å². The van der Waals surface area contributed by atoms with Gasteiger partial charge in [-0.15, -0.1) is 0 Å². The van der Waals surface area contributed by atoms with E-state index in [0.717, 1.165) is 54.9 Å². The van der Waals surface area contributed by atoms with Gasteiger partial charge in [0.25, 0.3) is 0 Å². The SMILES string of the molecule is CCCCCCCNCc1nc2ccccc2c(OCCCC)c1C. The van der Waals surface area contributed by atoms with Gasteiger partial charge in [-0.3, -0.25) is 4.98 Å². The second kappa shape index (κ2) is 11.1. The molecule has 3 heteroatoms. The lowest BCUT2D eigenvalue weighted by Crippen LogP contribution is -2.17. The Hall–Kier alpha value is -1.61. The molecule has 0 saturated heterocycles. The number of para-hydroxylation sites is 1. The fourth-order valence-electron chi connectivity index (χ4n) is 3.06. The van der Waals surface area contributed by atoms with Crippen LogP contribution in [0.25, 0.3) is 10.9 Å². The number of hydrogen-bond donors (Lipinski definition) is 1. The molecule has 0 aliphatic carbocycles. The van der Waals surface area contributed by atoms with Crippen LogP contribution in [0.3, 0.4) is 0 Å². The number of benzene rings is 1. The summed E-state index contributed by atoms with van der Waals surface area (Å²) in [7, 11) is 0. The molecule has 0 amide bonds. The average molecular weight is 343 g/mol. The predicted octanol–water partition coefficient (Wildman–Crippen LogP) is 5.78. The zero-order chi connectivity index (χ0) is 17.9. The van der Waals surface area contributed by atoms with E-state index in [0.29, 0.717) is 0 Å². The van der Waals surface area contributed by atoms with Gasteiger partial charge >= 0.3 is 0 Å². The fourth-order valence-corrected chi connectivity index (χ4v) is 3.06. The second-order valence-electron chi connectivity index (χ2n) is 6.82. The number of rotatable bonds is 12. The first-order valence-electron chi connectivity index (χ1n) is 9.99. The van der Waals surface area contributed by atoms with Gasteiger partial charge < -0.3 is 10.1 Å². The molecule has 0 bridgehead atoms. The van der Waals surface area contributed by atoms with Gasteiger partial charge in [0.2, 0.25) is 0 Å². The summed E-state index contributed by atoms with van der Waals surface area (Å²) in [6.45, 7) is 9.23. The molecule has 0 saturated carbocycles. The summed E-state index contributed by atoms with van der Waals surface area (Å²) >= 11 is 0. The molecule has 1 N–H and O–H groups in total. The fraction of sp³-hybridized carbons (Fsp3) is 0.591. The largest absolute Gasteiger partial charge is 0.493 e. The molecule has 2 aromatic rings. The van der Waals surface area contributed by atoms with E-state index < -0.39 is 0 Å². The van der Waals surface area contributed by atoms with Crippen LogP contribution >= 0.6 is 0 Å². The molecule has 1 heterocycles. The molecule has 0 spiro atoms. The van der Waals surface area contributed by atoms with Gasteiger partial charge in [-0.2, -0.15) is 0 Å². The molecule has 0 aliphatic rings. The number of nitrogens with zero attached hydrogens (tertiary/aromatic N) is 1. The smallest absolute Gasteiger partial charge is 0.133 e. The van der Waals surface area contributed by atoms with Crippen molar-refractivity contribution in [3.8, 4) is 5.75 Å².